The molecule has 2 rings (SSSR count). The Hall–Kier alpha value is -1.38. The number of hydrogen-bond acceptors (Lipinski definition) is 2. The van der Waals surface area contributed by atoms with Crippen molar-refractivity contribution < 1.29 is 5.11 Å². The fraction of sp³-hybridized carbons (Fsp3) is 0.214. The largest absolute Gasteiger partial charge is 0.388 e. The van der Waals surface area contributed by atoms with Crippen molar-refractivity contribution in [1.82, 2.24) is 4.98 Å². The van der Waals surface area contributed by atoms with Crippen LogP contribution in [0, 0.1) is 6.92 Å². The molecule has 0 amide bonds. The van der Waals surface area contributed by atoms with Crippen LogP contribution in [0.25, 0.3) is 0 Å². The highest BCUT2D eigenvalue weighted by atomic mass is 35.5. The van der Waals surface area contributed by atoms with Gasteiger partial charge in [-0.1, -0.05) is 29.8 Å². The second-order valence-electron chi connectivity index (χ2n) is 4.09. The highest BCUT2D eigenvalue weighted by molar-refractivity contribution is 6.31. The minimum absolute atomic E-state index is 0.518. The van der Waals surface area contributed by atoms with Gasteiger partial charge in [-0.25, -0.2) is 0 Å². The number of aliphatic hydroxyl groups is 1. The number of rotatable bonds is 3. The van der Waals surface area contributed by atoms with Crippen LogP contribution in [0.2, 0.25) is 5.02 Å². The molecule has 2 aromatic rings. The lowest BCUT2D eigenvalue weighted by molar-refractivity contribution is 0.178. The summed E-state index contributed by atoms with van der Waals surface area (Å²) in [4.78, 5) is 4.03. The van der Waals surface area contributed by atoms with E-state index in [1.807, 2.05) is 37.3 Å². The van der Waals surface area contributed by atoms with Gasteiger partial charge in [-0.3, -0.25) is 4.98 Å². The summed E-state index contributed by atoms with van der Waals surface area (Å²) >= 11 is 5.95. The zero-order valence-electron chi connectivity index (χ0n) is 9.60. The molecule has 0 saturated heterocycles. The second-order valence-corrected chi connectivity index (χ2v) is 4.50. The maximum Gasteiger partial charge on any atom is 0.0831 e. The molecule has 17 heavy (non-hydrogen) atoms. The third-order valence-electron chi connectivity index (χ3n) is 2.72. The molecule has 0 aliphatic rings. The minimum Gasteiger partial charge on any atom is -0.388 e. The van der Waals surface area contributed by atoms with Crippen LogP contribution in [0.3, 0.4) is 0 Å². The average molecular weight is 248 g/mol. The Morgan fingerprint density at radius 1 is 1.35 bits per heavy atom. The van der Waals surface area contributed by atoms with Crippen LogP contribution in [0.15, 0.2) is 42.7 Å². The summed E-state index contributed by atoms with van der Waals surface area (Å²) in [7, 11) is 0. The van der Waals surface area contributed by atoms with Crippen molar-refractivity contribution in [3.63, 3.8) is 0 Å². The first-order valence-corrected chi connectivity index (χ1v) is 5.87. The standard InChI is InChI=1S/C14H14ClNO/c1-10-7-12(4-5-13(10)15)14(17)8-11-3-2-6-16-9-11/h2-7,9,14,17H,8H2,1H3. The third kappa shape index (κ3) is 3.05. The fourth-order valence-corrected chi connectivity index (χ4v) is 1.85. The predicted octanol–water partition coefficient (Wildman–Crippen LogP) is 3.32. The molecule has 2 nitrogen and oxygen atoms in total. The summed E-state index contributed by atoms with van der Waals surface area (Å²) in [6.45, 7) is 1.93. The van der Waals surface area contributed by atoms with Gasteiger partial charge in [0, 0.05) is 23.8 Å². The molecule has 1 N–H and O–H groups in total. The van der Waals surface area contributed by atoms with E-state index in [0.717, 1.165) is 21.7 Å². The van der Waals surface area contributed by atoms with Crippen LogP contribution in [0.1, 0.15) is 22.8 Å². The molecule has 88 valence electrons. The van der Waals surface area contributed by atoms with Gasteiger partial charge in [-0.15, -0.1) is 0 Å². The van der Waals surface area contributed by atoms with E-state index in [9.17, 15) is 5.11 Å². The van der Waals surface area contributed by atoms with Crippen LogP contribution in [0.5, 0.6) is 0 Å². The molecular weight excluding hydrogens is 234 g/mol. The van der Waals surface area contributed by atoms with Crippen LogP contribution in [-0.4, -0.2) is 10.1 Å². The van der Waals surface area contributed by atoms with Gasteiger partial charge in [0.1, 0.15) is 0 Å². The molecule has 0 bridgehead atoms. The van der Waals surface area contributed by atoms with Crippen molar-refractivity contribution >= 4 is 11.6 Å². The molecule has 1 unspecified atom stereocenters. The molecule has 0 spiro atoms. The Labute approximate surface area is 106 Å². The fourth-order valence-electron chi connectivity index (χ4n) is 1.74. The molecule has 1 heterocycles. The molecule has 0 saturated carbocycles. The number of nitrogens with zero attached hydrogens (tertiary/aromatic N) is 1. The van der Waals surface area contributed by atoms with Gasteiger partial charge in [0.25, 0.3) is 0 Å². The van der Waals surface area contributed by atoms with E-state index in [1.54, 1.807) is 12.4 Å². The molecule has 0 fully saturated rings. The van der Waals surface area contributed by atoms with Gasteiger partial charge in [0.2, 0.25) is 0 Å². The summed E-state index contributed by atoms with van der Waals surface area (Å²) in [6.07, 6.45) is 3.54. The molecule has 0 radical (unpaired) electrons. The maximum atomic E-state index is 10.1. The zero-order chi connectivity index (χ0) is 12.3. The highest BCUT2D eigenvalue weighted by Crippen LogP contribution is 2.23. The first-order valence-electron chi connectivity index (χ1n) is 5.50. The van der Waals surface area contributed by atoms with Crippen LogP contribution < -0.4 is 0 Å². The molecule has 1 atom stereocenters. The van der Waals surface area contributed by atoms with Crippen molar-refractivity contribution in [1.29, 1.82) is 0 Å². The van der Waals surface area contributed by atoms with E-state index in [2.05, 4.69) is 4.98 Å². The Bertz CT molecular complexity index is 499. The van der Waals surface area contributed by atoms with E-state index in [-0.39, 0.29) is 0 Å². The molecule has 1 aromatic carbocycles. The number of aromatic nitrogens is 1. The van der Waals surface area contributed by atoms with Crippen molar-refractivity contribution in [2.24, 2.45) is 0 Å². The Balaban J connectivity index is 2.14. The van der Waals surface area contributed by atoms with Crippen LogP contribution in [-0.2, 0) is 6.42 Å². The van der Waals surface area contributed by atoms with Crippen molar-refractivity contribution in [3.05, 3.63) is 64.4 Å². The van der Waals surface area contributed by atoms with Gasteiger partial charge < -0.3 is 5.11 Å². The predicted molar refractivity (Wildman–Crippen MR) is 69.1 cm³/mol. The lowest BCUT2D eigenvalue weighted by atomic mass is 10.0. The minimum atomic E-state index is -0.518. The highest BCUT2D eigenvalue weighted by Gasteiger charge is 2.09. The summed E-state index contributed by atoms with van der Waals surface area (Å²) < 4.78 is 0. The molecular formula is C14H14ClNO. The smallest absolute Gasteiger partial charge is 0.0831 e. The number of benzene rings is 1. The molecule has 3 heteroatoms. The summed E-state index contributed by atoms with van der Waals surface area (Å²) in [5, 5.41) is 10.8. The van der Waals surface area contributed by atoms with Gasteiger partial charge >= 0.3 is 0 Å². The van der Waals surface area contributed by atoms with E-state index >= 15 is 0 Å². The van der Waals surface area contributed by atoms with Crippen molar-refractivity contribution in [2.45, 2.75) is 19.4 Å². The quantitative estimate of drug-likeness (QED) is 0.903. The van der Waals surface area contributed by atoms with Crippen molar-refractivity contribution in [2.75, 3.05) is 0 Å². The Morgan fingerprint density at radius 3 is 2.82 bits per heavy atom. The van der Waals surface area contributed by atoms with Gasteiger partial charge in [0.05, 0.1) is 6.10 Å². The number of halogens is 1. The summed E-state index contributed by atoms with van der Waals surface area (Å²) in [5.41, 5.74) is 2.89. The first kappa shape index (κ1) is 12.1. The maximum absolute atomic E-state index is 10.1. The van der Waals surface area contributed by atoms with Gasteiger partial charge in [0.15, 0.2) is 0 Å². The van der Waals surface area contributed by atoms with Crippen LogP contribution >= 0.6 is 11.6 Å². The Kier molecular flexibility index (Phi) is 3.77. The van der Waals surface area contributed by atoms with E-state index in [4.69, 9.17) is 11.6 Å². The van der Waals surface area contributed by atoms with Gasteiger partial charge in [-0.2, -0.15) is 0 Å². The third-order valence-corrected chi connectivity index (χ3v) is 3.14. The van der Waals surface area contributed by atoms with Crippen LogP contribution in [0.4, 0.5) is 0 Å². The number of aliphatic hydroxyl groups excluding tert-OH is 1. The zero-order valence-corrected chi connectivity index (χ0v) is 10.4. The van der Waals surface area contributed by atoms with E-state index < -0.39 is 6.10 Å². The monoisotopic (exact) mass is 247 g/mol. The topological polar surface area (TPSA) is 33.1 Å². The van der Waals surface area contributed by atoms with E-state index in [0.29, 0.717) is 6.42 Å². The lowest BCUT2D eigenvalue weighted by Crippen LogP contribution is -2.02. The average Bonchev–Trinajstić information content (AvgIpc) is 2.34. The first-order chi connectivity index (χ1) is 8.16. The second kappa shape index (κ2) is 5.30. The normalized spacial score (nSPS) is 12.4. The number of hydrogen-bond donors (Lipinski definition) is 1. The molecule has 0 aliphatic carbocycles. The lowest BCUT2D eigenvalue weighted by Gasteiger charge is -2.12. The van der Waals surface area contributed by atoms with Gasteiger partial charge in [-0.05, 0) is 35.7 Å². The van der Waals surface area contributed by atoms with E-state index in [1.165, 1.54) is 0 Å². The number of pyridine rings is 1. The van der Waals surface area contributed by atoms with Crippen molar-refractivity contribution in [3.8, 4) is 0 Å². The molecule has 1 aromatic heterocycles. The summed E-state index contributed by atoms with van der Waals surface area (Å²) in [6, 6.07) is 9.42. The summed E-state index contributed by atoms with van der Waals surface area (Å²) in [5.74, 6) is 0. The molecule has 0 aliphatic heterocycles. The SMILES string of the molecule is Cc1cc(C(O)Cc2cccnc2)ccc1Cl. The number of aryl methyl sites for hydroxylation is 1. The Morgan fingerprint density at radius 2 is 2.18 bits per heavy atom.